The summed E-state index contributed by atoms with van der Waals surface area (Å²) in [5.74, 6) is -0.135. The van der Waals surface area contributed by atoms with E-state index in [1.807, 2.05) is 13.8 Å². The summed E-state index contributed by atoms with van der Waals surface area (Å²) in [6.07, 6.45) is 0. The zero-order chi connectivity index (χ0) is 13.8. The van der Waals surface area contributed by atoms with Crippen LogP contribution in [0.1, 0.15) is 24.2 Å². The average molecular weight is 251 g/mol. The fourth-order valence-electron chi connectivity index (χ4n) is 1.38. The Morgan fingerprint density at radius 2 is 2.11 bits per heavy atom. The number of carbonyl (C=O) groups is 1. The summed E-state index contributed by atoms with van der Waals surface area (Å²) >= 11 is 0. The molecular formula is C13H21N3O2. The van der Waals surface area contributed by atoms with Crippen LogP contribution in [0.15, 0.2) is 18.2 Å². The topological polar surface area (TPSA) is 76.4 Å². The van der Waals surface area contributed by atoms with Crippen molar-refractivity contribution in [2.75, 3.05) is 31.8 Å². The Hall–Kier alpha value is -1.75. The van der Waals surface area contributed by atoms with Crippen molar-refractivity contribution in [3.05, 3.63) is 23.8 Å². The lowest BCUT2D eigenvalue weighted by Crippen LogP contribution is -2.32. The number of anilines is 2. The molecule has 0 saturated heterocycles. The van der Waals surface area contributed by atoms with E-state index >= 15 is 0 Å². The molecule has 0 aliphatic carbocycles. The highest BCUT2D eigenvalue weighted by Crippen LogP contribution is 2.21. The molecule has 5 heteroatoms. The zero-order valence-corrected chi connectivity index (χ0v) is 11.3. The molecule has 0 aromatic heterocycles. The molecular weight excluding hydrogens is 230 g/mol. The molecule has 4 N–H and O–H groups in total. The highest BCUT2D eigenvalue weighted by Gasteiger charge is 2.16. The van der Waals surface area contributed by atoms with E-state index in [9.17, 15) is 4.79 Å². The molecule has 1 rings (SSSR count). The van der Waals surface area contributed by atoms with E-state index in [4.69, 9.17) is 10.5 Å². The quantitative estimate of drug-likeness (QED) is 0.693. The van der Waals surface area contributed by atoms with E-state index in [2.05, 4.69) is 10.6 Å². The minimum atomic E-state index is -0.296. The van der Waals surface area contributed by atoms with Gasteiger partial charge in [-0.25, -0.2) is 0 Å². The van der Waals surface area contributed by atoms with Gasteiger partial charge in [0.2, 0.25) is 0 Å². The van der Waals surface area contributed by atoms with Crippen LogP contribution < -0.4 is 16.4 Å². The highest BCUT2D eigenvalue weighted by atomic mass is 16.5. The van der Waals surface area contributed by atoms with Crippen LogP contribution >= 0.6 is 0 Å². The van der Waals surface area contributed by atoms with Crippen LogP contribution in [-0.4, -0.2) is 32.2 Å². The van der Waals surface area contributed by atoms with Gasteiger partial charge in [0, 0.05) is 26.3 Å². The van der Waals surface area contributed by atoms with Gasteiger partial charge in [0.15, 0.2) is 0 Å². The Labute approximate surface area is 108 Å². The number of benzene rings is 1. The SMILES string of the molecule is CNC(=O)c1ccc(N)c(NCC(C)(C)OC)c1. The molecule has 100 valence electrons. The first-order valence-corrected chi connectivity index (χ1v) is 5.80. The van der Waals surface area contributed by atoms with Gasteiger partial charge in [-0.2, -0.15) is 0 Å². The highest BCUT2D eigenvalue weighted by molar-refractivity contribution is 5.96. The molecule has 1 aromatic rings. The molecule has 1 amide bonds. The first-order valence-electron chi connectivity index (χ1n) is 5.80. The summed E-state index contributed by atoms with van der Waals surface area (Å²) in [6.45, 7) is 4.54. The Kier molecular flexibility index (Phi) is 4.55. The zero-order valence-electron chi connectivity index (χ0n) is 11.3. The van der Waals surface area contributed by atoms with Gasteiger partial charge in [-0.05, 0) is 32.0 Å². The number of hydrogen-bond donors (Lipinski definition) is 3. The first-order chi connectivity index (χ1) is 8.39. The second kappa shape index (κ2) is 5.73. The Morgan fingerprint density at radius 3 is 2.67 bits per heavy atom. The van der Waals surface area contributed by atoms with Crippen molar-refractivity contribution < 1.29 is 9.53 Å². The van der Waals surface area contributed by atoms with Gasteiger partial charge in [0.25, 0.3) is 5.91 Å². The lowest BCUT2D eigenvalue weighted by Gasteiger charge is -2.24. The molecule has 0 aliphatic rings. The van der Waals surface area contributed by atoms with Gasteiger partial charge in [-0.1, -0.05) is 0 Å². The lowest BCUT2D eigenvalue weighted by molar-refractivity contribution is 0.0344. The van der Waals surface area contributed by atoms with Crippen LogP contribution in [0.4, 0.5) is 11.4 Å². The third-order valence-electron chi connectivity index (χ3n) is 2.80. The van der Waals surface area contributed by atoms with Crippen LogP contribution in [0.25, 0.3) is 0 Å². The second-order valence-electron chi connectivity index (χ2n) is 4.70. The van der Waals surface area contributed by atoms with Gasteiger partial charge in [0.1, 0.15) is 0 Å². The van der Waals surface area contributed by atoms with Crippen molar-refractivity contribution in [3.63, 3.8) is 0 Å². The van der Waals surface area contributed by atoms with E-state index < -0.39 is 0 Å². The number of amides is 1. The molecule has 0 heterocycles. The van der Waals surface area contributed by atoms with Crippen molar-refractivity contribution in [3.8, 4) is 0 Å². The standard InChI is InChI=1S/C13H21N3O2/c1-13(2,18-4)8-16-11-7-9(12(17)15-3)5-6-10(11)14/h5-7,16H,8,14H2,1-4H3,(H,15,17). The van der Waals surface area contributed by atoms with Crippen molar-refractivity contribution in [1.82, 2.24) is 5.32 Å². The Balaban J connectivity index is 2.85. The third-order valence-corrected chi connectivity index (χ3v) is 2.80. The molecule has 0 aliphatic heterocycles. The van der Waals surface area contributed by atoms with Crippen LogP contribution in [0.3, 0.4) is 0 Å². The molecule has 0 bridgehead atoms. The summed E-state index contributed by atoms with van der Waals surface area (Å²) in [7, 11) is 3.26. The number of carbonyl (C=O) groups excluding carboxylic acids is 1. The van der Waals surface area contributed by atoms with Crippen LogP contribution in [0, 0.1) is 0 Å². The summed E-state index contributed by atoms with van der Waals surface area (Å²) in [4.78, 5) is 11.5. The minimum absolute atomic E-state index is 0.135. The largest absolute Gasteiger partial charge is 0.397 e. The van der Waals surface area contributed by atoms with Gasteiger partial charge in [-0.15, -0.1) is 0 Å². The summed E-state index contributed by atoms with van der Waals surface area (Å²) in [6, 6.07) is 5.15. The van der Waals surface area contributed by atoms with Crippen LogP contribution in [-0.2, 0) is 4.74 Å². The summed E-state index contributed by atoms with van der Waals surface area (Å²) in [5, 5.41) is 5.77. The van der Waals surface area contributed by atoms with Crippen molar-refractivity contribution in [1.29, 1.82) is 0 Å². The van der Waals surface area contributed by atoms with Crippen LogP contribution in [0.2, 0.25) is 0 Å². The number of ether oxygens (including phenoxy) is 1. The maximum atomic E-state index is 11.5. The average Bonchev–Trinajstić information content (AvgIpc) is 2.37. The third kappa shape index (κ3) is 3.63. The maximum Gasteiger partial charge on any atom is 0.251 e. The molecule has 0 fully saturated rings. The normalized spacial score (nSPS) is 11.1. The number of nitrogen functional groups attached to an aromatic ring is 1. The van der Waals surface area contributed by atoms with Crippen molar-refractivity contribution >= 4 is 17.3 Å². The Bertz CT molecular complexity index is 430. The molecule has 0 atom stereocenters. The van der Waals surface area contributed by atoms with Gasteiger partial charge < -0.3 is 21.1 Å². The molecule has 0 spiro atoms. The number of hydrogen-bond acceptors (Lipinski definition) is 4. The molecule has 0 radical (unpaired) electrons. The number of nitrogens with two attached hydrogens (primary N) is 1. The Morgan fingerprint density at radius 1 is 1.44 bits per heavy atom. The summed E-state index contributed by atoms with van der Waals surface area (Å²) in [5.41, 5.74) is 7.49. The predicted molar refractivity (Wildman–Crippen MR) is 73.8 cm³/mol. The lowest BCUT2D eigenvalue weighted by atomic mass is 10.1. The predicted octanol–water partition coefficient (Wildman–Crippen LogP) is 1.47. The monoisotopic (exact) mass is 251 g/mol. The molecule has 0 unspecified atom stereocenters. The van der Waals surface area contributed by atoms with Crippen molar-refractivity contribution in [2.45, 2.75) is 19.4 Å². The van der Waals surface area contributed by atoms with E-state index in [0.717, 1.165) is 5.69 Å². The number of nitrogens with one attached hydrogen (secondary N) is 2. The van der Waals surface area contributed by atoms with Crippen molar-refractivity contribution in [2.24, 2.45) is 0 Å². The molecule has 5 nitrogen and oxygen atoms in total. The fourth-order valence-corrected chi connectivity index (χ4v) is 1.38. The molecule has 0 saturated carbocycles. The number of rotatable bonds is 5. The van der Waals surface area contributed by atoms with E-state index in [-0.39, 0.29) is 11.5 Å². The van der Waals surface area contributed by atoms with E-state index in [1.54, 1.807) is 32.4 Å². The van der Waals surface area contributed by atoms with Gasteiger partial charge in [0.05, 0.1) is 17.0 Å². The van der Waals surface area contributed by atoms with Crippen LogP contribution in [0.5, 0.6) is 0 Å². The second-order valence-corrected chi connectivity index (χ2v) is 4.70. The fraction of sp³-hybridized carbons (Fsp3) is 0.462. The van der Waals surface area contributed by atoms with Gasteiger partial charge in [-0.3, -0.25) is 4.79 Å². The molecule has 1 aromatic carbocycles. The molecule has 18 heavy (non-hydrogen) atoms. The smallest absolute Gasteiger partial charge is 0.251 e. The van der Waals surface area contributed by atoms with Gasteiger partial charge >= 0.3 is 0 Å². The van der Waals surface area contributed by atoms with E-state index in [1.165, 1.54) is 0 Å². The summed E-state index contributed by atoms with van der Waals surface area (Å²) < 4.78 is 5.32. The van der Waals surface area contributed by atoms with E-state index in [0.29, 0.717) is 17.8 Å². The first kappa shape index (κ1) is 14.3. The minimum Gasteiger partial charge on any atom is -0.397 e. The number of methoxy groups -OCH3 is 1. The maximum absolute atomic E-state index is 11.5.